The first kappa shape index (κ1) is 63.9. The summed E-state index contributed by atoms with van der Waals surface area (Å²) in [7, 11) is 20.8. The van der Waals surface area contributed by atoms with Gasteiger partial charge in [-0.2, -0.15) is 0 Å². The van der Waals surface area contributed by atoms with Gasteiger partial charge in [0.05, 0.1) is 136 Å². The van der Waals surface area contributed by atoms with Gasteiger partial charge in [-0.25, -0.2) is 9.59 Å². The van der Waals surface area contributed by atoms with E-state index in [1.54, 1.807) is 95.4 Å². The van der Waals surface area contributed by atoms with E-state index in [0.29, 0.717) is 114 Å². The van der Waals surface area contributed by atoms with Crippen LogP contribution in [0.5, 0.6) is 57.5 Å². The van der Waals surface area contributed by atoms with Crippen LogP contribution >= 0.6 is 0 Å². The molecule has 0 aromatic heterocycles. The fraction of sp³-hybridized carbons (Fsp3) is 0.406. The van der Waals surface area contributed by atoms with E-state index in [0.717, 1.165) is 61.3 Å². The zero-order valence-electron chi connectivity index (χ0n) is 49.2. The number of hydrogen-bond acceptors (Lipinski definition) is 14. The Morgan fingerprint density at radius 2 is 0.744 bits per heavy atom. The molecule has 442 valence electrons. The second-order valence-corrected chi connectivity index (χ2v) is 20.7. The summed E-state index contributed by atoms with van der Waals surface area (Å²) >= 11 is 0. The highest BCUT2D eigenvalue weighted by Crippen LogP contribution is 2.47. The van der Waals surface area contributed by atoms with Crippen LogP contribution in [0.1, 0.15) is 79.0 Å². The first-order valence-corrected chi connectivity index (χ1v) is 27.0. The number of hydrogen-bond donors (Lipinski definition) is 0. The first-order chi connectivity index (χ1) is 38.7. The van der Waals surface area contributed by atoms with Gasteiger partial charge in [-0.3, -0.25) is 0 Å². The summed E-state index contributed by atoms with van der Waals surface area (Å²) in [5.41, 5.74) is 8.64. The van der Waals surface area contributed by atoms with E-state index >= 15 is 0 Å². The van der Waals surface area contributed by atoms with Gasteiger partial charge < -0.3 is 90.6 Å². The van der Waals surface area contributed by atoms with Gasteiger partial charge in [0, 0.05) is 49.7 Å². The third-order valence-electron chi connectivity index (χ3n) is 16.3. The molecule has 0 aliphatic carbocycles. The number of rotatable bonds is 25. The molecule has 2 unspecified atom stereocenters. The standard InChI is InChI=1S/C64H78N2O14.2ClH/c1-65(27-23-43-37-53(69-3)55(71-5)39-49(43)51(65)31-41-33-57(73-7)61(77-11)58(34-41)74-8)25-17-29-79-63(67)47-21-15-13-19-45(47)46-20-14-16-22-48(46)64(68)80-30-18-26-66(2)28-24-44-38-54(70-4)56(72-6)40-50(44)52(66)32-42-35-59(75-9)62(78-12)60(36-42)76-10;;/h13-16,19-22,33-40,51-52H,17-18,23-32H2,1-12H3;2*1H/q+2;;/p-2/t51-,52-,65?,66?;;/m1../s1. The van der Waals surface area contributed by atoms with Crippen molar-refractivity contribution in [3.05, 3.63) is 142 Å². The maximum atomic E-state index is 14.2. The zero-order chi connectivity index (χ0) is 57.1. The van der Waals surface area contributed by atoms with Crippen LogP contribution < -0.4 is 72.2 Å². The number of esters is 2. The fourth-order valence-electron chi connectivity index (χ4n) is 11.9. The number of quaternary nitrogens is 2. The van der Waals surface area contributed by atoms with Gasteiger partial charge in [-0.1, -0.05) is 36.4 Å². The lowest BCUT2D eigenvalue weighted by molar-refractivity contribution is -0.941. The number of benzene rings is 6. The third kappa shape index (κ3) is 13.5. The van der Waals surface area contributed by atoms with Crippen molar-refractivity contribution in [3.8, 4) is 68.6 Å². The molecule has 2 heterocycles. The average molecular weight is 1170 g/mol. The van der Waals surface area contributed by atoms with Crippen LogP contribution in [0.3, 0.4) is 0 Å². The average Bonchev–Trinajstić information content (AvgIpc) is 3.54. The normalized spacial score (nSPS) is 17.7. The summed E-state index contributed by atoms with van der Waals surface area (Å²) in [6, 6.07) is 30.8. The number of carbonyl (C=O) groups excluding carboxylic acids is 2. The molecule has 6 aromatic rings. The van der Waals surface area contributed by atoms with Crippen LogP contribution in [0.4, 0.5) is 0 Å². The minimum atomic E-state index is -0.474. The number of halogens is 2. The topological polar surface area (TPSA) is 145 Å². The summed E-state index contributed by atoms with van der Waals surface area (Å²) in [5.74, 6) is 5.16. The van der Waals surface area contributed by atoms with Crippen LogP contribution in [-0.4, -0.2) is 145 Å². The molecule has 4 atom stereocenters. The Bertz CT molecular complexity index is 2910. The van der Waals surface area contributed by atoms with Crippen LogP contribution in [0.15, 0.2) is 97.1 Å². The highest BCUT2D eigenvalue weighted by atomic mass is 35.5. The quantitative estimate of drug-likeness (QED) is 0.0451. The smallest absolute Gasteiger partial charge is 0.338 e. The molecule has 6 aromatic carbocycles. The van der Waals surface area contributed by atoms with E-state index in [2.05, 4.69) is 38.4 Å². The van der Waals surface area contributed by atoms with Crippen molar-refractivity contribution < 1.29 is 100 Å². The highest BCUT2D eigenvalue weighted by molar-refractivity contribution is 6.03. The number of ether oxygens (including phenoxy) is 12. The van der Waals surface area contributed by atoms with Crippen molar-refractivity contribution in [3.63, 3.8) is 0 Å². The van der Waals surface area contributed by atoms with Crippen molar-refractivity contribution in [2.45, 2.75) is 50.6 Å². The lowest BCUT2D eigenvalue weighted by Gasteiger charge is -2.46. The van der Waals surface area contributed by atoms with E-state index in [1.165, 1.54) is 11.1 Å². The number of nitrogens with zero attached hydrogens (tertiary/aromatic N) is 2. The number of carbonyl (C=O) groups is 2. The molecule has 0 fully saturated rings. The Hall–Kier alpha value is -7.24. The number of fused-ring (bicyclic) bond motifs is 2. The van der Waals surface area contributed by atoms with E-state index < -0.39 is 11.9 Å². The number of likely N-dealkylation sites (N-methyl/N-ethyl adjacent to an activating group) is 2. The Balaban J connectivity index is 0.00000541. The monoisotopic (exact) mass is 1170 g/mol. The molecule has 0 bridgehead atoms. The summed E-state index contributed by atoms with van der Waals surface area (Å²) in [4.78, 5) is 28.3. The van der Waals surface area contributed by atoms with Gasteiger partial charge >= 0.3 is 11.9 Å². The lowest BCUT2D eigenvalue weighted by atomic mass is 9.86. The van der Waals surface area contributed by atoms with Gasteiger partial charge in [0.1, 0.15) is 12.1 Å². The van der Waals surface area contributed by atoms with Crippen molar-refractivity contribution in [1.82, 2.24) is 0 Å². The highest BCUT2D eigenvalue weighted by Gasteiger charge is 2.42. The largest absolute Gasteiger partial charge is 1.00 e. The molecule has 0 spiro atoms. The predicted molar refractivity (Wildman–Crippen MR) is 305 cm³/mol. The Kier molecular flexibility index (Phi) is 22.3. The fourth-order valence-corrected chi connectivity index (χ4v) is 11.9. The molecule has 2 aliphatic rings. The Morgan fingerprint density at radius 1 is 0.427 bits per heavy atom. The Labute approximate surface area is 495 Å². The van der Waals surface area contributed by atoms with Gasteiger partial charge in [0.15, 0.2) is 46.0 Å². The van der Waals surface area contributed by atoms with Crippen molar-refractivity contribution in [1.29, 1.82) is 0 Å². The van der Waals surface area contributed by atoms with Crippen LogP contribution in [-0.2, 0) is 35.2 Å². The maximum Gasteiger partial charge on any atom is 0.338 e. The van der Waals surface area contributed by atoms with E-state index in [1.807, 2.05) is 48.5 Å². The van der Waals surface area contributed by atoms with Crippen LogP contribution in [0.25, 0.3) is 11.1 Å². The molecule has 16 nitrogen and oxygen atoms in total. The molecular weight excluding hydrogens is 1090 g/mol. The molecule has 0 saturated carbocycles. The summed E-state index contributed by atoms with van der Waals surface area (Å²) in [5, 5.41) is 0. The zero-order valence-corrected chi connectivity index (χ0v) is 50.8. The summed E-state index contributed by atoms with van der Waals surface area (Å²) < 4.78 is 70.9. The van der Waals surface area contributed by atoms with Gasteiger partial charge in [0.25, 0.3) is 0 Å². The van der Waals surface area contributed by atoms with Crippen molar-refractivity contribution in [2.75, 3.05) is 125 Å². The van der Waals surface area contributed by atoms with Crippen molar-refractivity contribution in [2.24, 2.45) is 0 Å². The molecule has 82 heavy (non-hydrogen) atoms. The summed E-state index contributed by atoms with van der Waals surface area (Å²) in [6.45, 7) is 3.50. The summed E-state index contributed by atoms with van der Waals surface area (Å²) in [6.07, 6.45) is 4.16. The molecule has 18 heteroatoms. The number of methoxy groups -OCH3 is 10. The van der Waals surface area contributed by atoms with E-state index in [9.17, 15) is 9.59 Å². The molecule has 8 rings (SSSR count). The molecule has 0 radical (unpaired) electrons. The van der Waals surface area contributed by atoms with Crippen LogP contribution in [0, 0.1) is 0 Å². The van der Waals surface area contributed by atoms with Crippen molar-refractivity contribution >= 4 is 11.9 Å². The second-order valence-electron chi connectivity index (χ2n) is 20.7. The Morgan fingerprint density at radius 3 is 1.06 bits per heavy atom. The molecular formula is C64H78Cl2N2O14. The molecule has 0 amide bonds. The maximum absolute atomic E-state index is 14.2. The lowest BCUT2D eigenvalue weighted by Crippen LogP contribution is -3.00. The third-order valence-corrected chi connectivity index (χ3v) is 16.3. The van der Waals surface area contributed by atoms with E-state index in [-0.39, 0.29) is 50.1 Å². The minimum Gasteiger partial charge on any atom is -1.00 e. The van der Waals surface area contributed by atoms with Gasteiger partial charge in [-0.15, -0.1) is 0 Å². The van der Waals surface area contributed by atoms with Crippen LogP contribution in [0.2, 0.25) is 0 Å². The van der Waals surface area contributed by atoms with E-state index in [4.69, 9.17) is 56.8 Å². The second kappa shape index (κ2) is 28.6. The predicted octanol–water partition coefficient (Wildman–Crippen LogP) is 4.51. The van der Waals surface area contributed by atoms with Gasteiger partial charge in [0.2, 0.25) is 11.5 Å². The first-order valence-electron chi connectivity index (χ1n) is 27.0. The van der Waals surface area contributed by atoms with Gasteiger partial charge in [-0.05, 0) is 94.0 Å². The molecule has 2 aliphatic heterocycles. The SMILES string of the molecule is COc1cc2c(cc1OC)[C@@H](Cc1cc(OC)c(OC)c(OC)c1)[N+](C)(CCCOC(=O)c1ccccc1-c1ccccc1C(=O)OCCC[N+]1(C)CCc3cc(OC)c(OC)cc3[C@H]1Cc1cc(OC)c(OC)c(OC)c1)CC2.[Cl-].[Cl-]. The minimum absolute atomic E-state index is 0. The molecule has 0 saturated heterocycles. The molecule has 0 N–H and O–H groups in total.